The lowest BCUT2D eigenvalue weighted by molar-refractivity contribution is 0.259. The predicted octanol–water partition coefficient (Wildman–Crippen LogP) is 1.91. The number of rotatable bonds is 4. The number of hydrogen-bond acceptors (Lipinski definition) is 4. The van der Waals surface area contributed by atoms with Gasteiger partial charge < -0.3 is 22.1 Å². The first kappa shape index (κ1) is 13.6. The van der Waals surface area contributed by atoms with Crippen LogP contribution >= 0.6 is 0 Å². The fraction of sp³-hybridized carbons (Fsp3) is 0.0769. The highest BCUT2D eigenvalue weighted by molar-refractivity contribution is 5.90. The molecule has 2 amide bonds. The number of urea groups is 1. The van der Waals surface area contributed by atoms with Crippen LogP contribution < -0.4 is 22.1 Å². The van der Waals surface area contributed by atoms with Gasteiger partial charge in [0.25, 0.3) is 0 Å². The maximum atomic E-state index is 12.8. The molecule has 0 saturated heterocycles. The molecule has 7 heteroatoms. The van der Waals surface area contributed by atoms with Gasteiger partial charge in [-0.1, -0.05) is 12.1 Å². The van der Waals surface area contributed by atoms with E-state index in [1.54, 1.807) is 24.3 Å². The van der Waals surface area contributed by atoms with Crippen LogP contribution in [0.1, 0.15) is 5.56 Å². The van der Waals surface area contributed by atoms with Crippen molar-refractivity contribution in [2.24, 2.45) is 5.73 Å². The standard InChI is InChI=1S/C13H14FN5O/c14-9-3-1-8(2-4-9)7-17-11-6-5-10(12(15)19-11)18-13(16)20/h1-6H,7H2,(H3,15,17,19)(H3,16,18,20). The number of nitrogens with two attached hydrogens (primary N) is 2. The van der Waals surface area contributed by atoms with Gasteiger partial charge in [0.2, 0.25) is 0 Å². The van der Waals surface area contributed by atoms with Gasteiger partial charge in [-0.2, -0.15) is 0 Å². The van der Waals surface area contributed by atoms with E-state index in [1.807, 2.05) is 0 Å². The molecule has 0 aliphatic heterocycles. The molecule has 6 N–H and O–H groups in total. The molecule has 0 atom stereocenters. The van der Waals surface area contributed by atoms with Crippen LogP contribution in [0.5, 0.6) is 0 Å². The van der Waals surface area contributed by atoms with Gasteiger partial charge >= 0.3 is 6.03 Å². The van der Waals surface area contributed by atoms with Crippen molar-refractivity contribution in [3.8, 4) is 0 Å². The van der Waals surface area contributed by atoms with Crippen molar-refractivity contribution < 1.29 is 9.18 Å². The van der Waals surface area contributed by atoms with Gasteiger partial charge in [-0.3, -0.25) is 0 Å². The summed E-state index contributed by atoms with van der Waals surface area (Å²) >= 11 is 0. The zero-order chi connectivity index (χ0) is 14.5. The average Bonchev–Trinajstić information content (AvgIpc) is 2.40. The van der Waals surface area contributed by atoms with E-state index in [0.29, 0.717) is 18.1 Å². The van der Waals surface area contributed by atoms with Crippen molar-refractivity contribution >= 4 is 23.4 Å². The molecular weight excluding hydrogens is 261 g/mol. The Morgan fingerprint density at radius 2 is 1.90 bits per heavy atom. The number of amides is 2. The van der Waals surface area contributed by atoms with Crippen molar-refractivity contribution in [1.82, 2.24) is 4.98 Å². The first-order valence-electron chi connectivity index (χ1n) is 5.86. The van der Waals surface area contributed by atoms with E-state index in [-0.39, 0.29) is 11.6 Å². The normalized spacial score (nSPS) is 10.1. The van der Waals surface area contributed by atoms with E-state index in [2.05, 4.69) is 15.6 Å². The van der Waals surface area contributed by atoms with E-state index < -0.39 is 6.03 Å². The molecule has 0 fully saturated rings. The Labute approximate surface area is 115 Å². The molecule has 1 aromatic heterocycles. The summed E-state index contributed by atoms with van der Waals surface area (Å²) in [5.74, 6) is 0.424. The minimum Gasteiger partial charge on any atom is -0.382 e. The topological polar surface area (TPSA) is 106 Å². The van der Waals surface area contributed by atoms with Gasteiger partial charge in [-0.25, -0.2) is 14.2 Å². The third-order valence-electron chi connectivity index (χ3n) is 2.57. The number of benzene rings is 1. The van der Waals surface area contributed by atoms with Gasteiger partial charge in [0, 0.05) is 6.54 Å². The Morgan fingerprint density at radius 3 is 2.50 bits per heavy atom. The number of primary amides is 1. The van der Waals surface area contributed by atoms with Gasteiger partial charge in [0.1, 0.15) is 17.5 Å². The highest BCUT2D eigenvalue weighted by Gasteiger charge is 2.04. The summed E-state index contributed by atoms with van der Waals surface area (Å²) in [6.45, 7) is 0.481. The smallest absolute Gasteiger partial charge is 0.316 e. The second-order valence-electron chi connectivity index (χ2n) is 4.10. The van der Waals surface area contributed by atoms with Gasteiger partial charge in [0.15, 0.2) is 0 Å². The summed E-state index contributed by atoms with van der Waals surface area (Å²) in [7, 11) is 0. The number of halogens is 1. The number of nitrogens with one attached hydrogen (secondary N) is 2. The molecule has 1 heterocycles. The van der Waals surface area contributed by atoms with Crippen LogP contribution in [-0.2, 0) is 6.54 Å². The Morgan fingerprint density at radius 1 is 1.20 bits per heavy atom. The van der Waals surface area contributed by atoms with E-state index in [4.69, 9.17) is 11.5 Å². The van der Waals surface area contributed by atoms with Gasteiger partial charge in [0.05, 0.1) is 5.69 Å². The van der Waals surface area contributed by atoms with Gasteiger partial charge in [-0.15, -0.1) is 0 Å². The number of hydrogen-bond donors (Lipinski definition) is 4. The molecule has 104 valence electrons. The molecule has 0 aliphatic carbocycles. The zero-order valence-corrected chi connectivity index (χ0v) is 10.6. The Bertz CT molecular complexity index is 615. The molecular formula is C13H14FN5O. The maximum absolute atomic E-state index is 12.8. The number of pyridine rings is 1. The van der Waals surface area contributed by atoms with Crippen LogP contribution in [0, 0.1) is 5.82 Å². The van der Waals surface area contributed by atoms with Crippen molar-refractivity contribution in [2.75, 3.05) is 16.4 Å². The maximum Gasteiger partial charge on any atom is 0.316 e. The van der Waals surface area contributed by atoms with Crippen LogP contribution in [0.4, 0.5) is 26.5 Å². The second kappa shape index (κ2) is 5.87. The Hall–Kier alpha value is -2.83. The average molecular weight is 275 g/mol. The fourth-order valence-electron chi connectivity index (χ4n) is 1.61. The van der Waals surface area contributed by atoms with E-state index >= 15 is 0 Å². The first-order chi connectivity index (χ1) is 9.54. The van der Waals surface area contributed by atoms with Crippen molar-refractivity contribution in [3.63, 3.8) is 0 Å². The minimum atomic E-state index is -0.703. The lowest BCUT2D eigenvalue weighted by Crippen LogP contribution is -2.20. The van der Waals surface area contributed by atoms with Crippen LogP contribution in [-0.4, -0.2) is 11.0 Å². The minimum absolute atomic E-state index is 0.160. The van der Waals surface area contributed by atoms with E-state index in [1.165, 1.54) is 12.1 Å². The molecule has 6 nitrogen and oxygen atoms in total. The van der Waals surface area contributed by atoms with Crippen molar-refractivity contribution in [3.05, 3.63) is 47.8 Å². The number of nitrogen functional groups attached to an aromatic ring is 1. The summed E-state index contributed by atoms with van der Waals surface area (Å²) in [5.41, 5.74) is 11.9. The summed E-state index contributed by atoms with van der Waals surface area (Å²) in [5, 5.41) is 5.41. The lowest BCUT2D eigenvalue weighted by atomic mass is 10.2. The molecule has 2 rings (SSSR count). The molecule has 0 spiro atoms. The molecule has 0 aliphatic rings. The lowest BCUT2D eigenvalue weighted by Gasteiger charge is -2.09. The van der Waals surface area contributed by atoms with Crippen molar-refractivity contribution in [2.45, 2.75) is 6.54 Å². The molecule has 0 unspecified atom stereocenters. The summed E-state index contributed by atoms with van der Waals surface area (Å²) in [4.78, 5) is 14.8. The third kappa shape index (κ3) is 3.58. The fourth-order valence-corrected chi connectivity index (χ4v) is 1.61. The quantitative estimate of drug-likeness (QED) is 0.683. The molecule has 0 bridgehead atoms. The number of carbonyl (C=O) groups excluding carboxylic acids is 1. The van der Waals surface area contributed by atoms with Crippen LogP contribution in [0.25, 0.3) is 0 Å². The molecule has 0 saturated carbocycles. The number of carbonyl (C=O) groups is 1. The van der Waals surface area contributed by atoms with Gasteiger partial charge in [-0.05, 0) is 29.8 Å². The summed E-state index contributed by atoms with van der Waals surface area (Å²) < 4.78 is 12.8. The highest BCUT2D eigenvalue weighted by Crippen LogP contribution is 2.18. The first-order valence-corrected chi connectivity index (χ1v) is 5.86. The molecule has 1 aromatic carbocycles. The zero-order valence-electron chi connectivity index (χ0n) is 10.6. The second-order valence-corrected chi connectivity index (χ2v) is 4.10. The summed E-state index contributed by atoms with van der Waals surface area (Å²) in [6, 6.07) is 8.68. The SMILES string of the molecule is NC(=O)Nc1ccc(NCc2ccc(F)cc2)nc1N. The Kier molecular flexibility index (Phi) is 3.99. The number of aromatic nitrogens is 1. The third-order valence-corrected chi connectivity index (χ3v) is 2.57. The van der Waals surface area contributed by atoms with Crippen LogP contribution in [0.15, 0.2) is 36.4 Å². The van der Waals surface area contributed by atoms with E-state index in [0.717, 1.165) is 5.56 Å². The van der Waals surface area contributed by atoms with Crippen molar-refractivity contribution in [1.29, 1.82) is 0 Å². The Balaban J connectivity index is 2.01. The van der Waals surface area contributed by atoms with Crippen LogP contribution in [0.3, 0.4) is 0 Å². The number of nitrogens with zero attached hydrogens (tertiary/aromatic N) is 1. The molecule has 20 heavy (non-hydrogen) atoms. The van der Waals surface area contributed by atoms with Crippen LogP contribution in [0.2, 0.25) is 0 Å². The molecule has 0 radical (unpaired) electrons. The monoisotopic (exact) mass is 275 g/mol. The molecule has 2 aromatic rings. The largest absolute Gasteiger partial charge is 0.382 e. The summed E-state index contributed by atoms with van der Waals surface area (Å²) in [6.07, 6.45) is 0. The van der Waals surface area contributed by atoms with E-state index in [9.17, 15) is 9.18 Å². The highest BCUT2D eigenvalue weighted by atomic mass is 19.1. The number of anilines is 3. The predicted molar refractivity (Wildman–Crippen MR) is 75.6 cm³/mol.